The van der Waals surface area contributed by atoms with E-state index in [1.165, 1.54) is 29.9 Å². The maximum atomic E-state index is 11.2. The fourth-order valence-electron chi connectivity index (χ4n) is 2.69. The van der Waals surface area contributed by atoms with Crippen LogP contribution in [-0.2, 0) is 9.53 Å². The molecule has 0 amide bonds. The quantitative estimate of drug-likeness (QED) is 0.160. The molecule has 29 heavy (non-hydrogen) atoms. The molecule has 0 spiro atoms. The molecule has 0 radical (unpaired) electrons. The zero-order valence-electron chi connectivity index (χ0n) is 19.3. The average molecular weight is 401 g/mol. The van der Waals surface area contributed by atoms with Gasteiger partial charge in [-0.05, 0) is 84.3 Å². The van der Waals surface area contributed by atoms with Crippen molar-refractivity contribution in [1.29, 1.82) is 0 Å². The van der Waals surface area contributed by atoms with Gasteiger partial charge in [-0.15, -0.1) is 0 Å². The van der Waals surface area contributed by atoms with Crippen LogP contribution in [-0.4, -0.2) is 24.8 Å². The van der Waals surface area contributed by atoms with Gasteiger partial charge in [0.15, 0.2) is 0 Å². The zero-order chi connectivity index (χ0) is 22.1. The summed E-state index contributed by atoms with van der Waals surface area (Å²) in [5.74, 6) is -0.364. The van der Waals surface area contributed by atoms with Crippen LogP contribution in [0.25, 0.3) is 0 Å². The van der Waals surface area contributed by atoms with E-state index in [1.54, 1.807) is 0 Å². The van der Waals surface area contributed by atoms with E-state index in [1.807, 2.05) is 25.2 Å². The lowest BCUT2D eigenvalue weighted by Crippen LogP contribution is -1.94. The van der Waals surface area contributed by atoms with E-state index in [4.69, 9.17) is 0 Å². The predicted octanol–water partition coefficient (Wildman–Crippen LogP) is 6.78. The Kier molecular flexibility index (Phi) is 15.6. The minimum Gasteiger partial charge on any atom is -0.466 e. The Morgan fingerprint density at radius 2 is 1.41 bits per heavy atom. The molecule has 0 aliphatic carbocycles. The Morgan fingerprint density at radius 1 is 0.862 bits per heavy atom. The topological polar surface area (TPSA) is 46.5 Å². The van der Waals surface area contributed by atoms with Crippen molar-refractivity contribution < 1.29 is 14.6 Å². The van der Waals surface area contributed by atoms with Crippen molar-refractivity contribution in [2.45, 2.75) is 73.1 Å². The summed E-state index contributed by atoms with van der Waals surface area (Å²) >= 11 is 0. The van der Waals surface area contributed by atoms with Crippen LogP contribution in [0.2, 0.25) is 0 Å². The lowest BCUT2D eigenvalue weighted by Gasteiger charge is -2.03. The maximum absolute atomic E-state index is 11.2. The van der Waals surface area contributed by atoms with Crippen LogP contribution in [0, 0.1) is 0 Å². The van der Waals surface area contributed by atoms with Crippen molar-refractivity contribution in [3.05, 3.63) is 70.4 Å². The summed E-state index contributed by atoms with van der Waals surface area (Å²) in [6.45, 7) is 10.6. The van der Waals surface area contributed by atoms with Gasteiger partial charge in [-0.1, -0.05) is 53.2 Å². The van der Waals surface area contributed by atoms with Gasteiger partial charge >= 0.3 is 5.97 Å². The third kappa shape index (κ3) is 16.5. The standard InChI is InChI=1S/C26H40O3/c1-21(2)11-7-12-22(3)13-8-14-23(4)15-9-17-25(20-27)18-10-16-24(5)19-26(28)29-6/h10-11,13,15-16,18-19,27H,7-9,12,14,17,20H2,1-6H3. The number of rotatable bonds is 13. The Bertz CT molecular complexity index is 666. The highest BCUT2D eigenvalue weighted by Crippen LogP contribution is 2.13. The molecule has 0 aromatic heterocycles. The predicted molar refractivity (Wildman–Crippen MR) is 125 cm³/mol. The maximum Gasteiger partial charge on any atom is 0.330 e. The number of aliphatic hydroxyl groups excluding tert-OH is 1. The number of allylic oxidation sites excluding steroid dienone is 10. The first-order valence-electron chi connectivity index (χ1n) is 10.5. The first-order chi connectivity index (χ1) is 13.8. The number of esters is 1. The lowest BCUT2D eigenvalue weighted by atomic mass is 10.0. The number of hydrogen-bond donors (Lipinski definition) is 1. The number of carbonyl (C=O) groups excluding carboxylic acids is 1. The summed E-state index contributed by atoms with van der Waals surface area (Å²) in [7, 11) is 1.36. The van der Waals surface area contributed by atoms with Crippen molar-refractivity contribution in [2.75, 3.05) is 13.7 Å². The Labute approximate surface area is 178 Å². The highest BCUT2D eigenvalue weighted by molar-refractivity contribution is 5.83. The van der Waals surface area contributed by atoms with Crippen LogP contribution in [0.4, 0.5) is 0 Å². The second-order valence-corrected chi connectivity index (χ2v) is 7.75. The Balaban J connectivity index is 4.39. The number of carbonyl (C=O) groups is 1. The zero-order valence-corrected chi connectivity index (χ0v) is 19.3. The molecule has 0 aromatic carbocycles. The number of ether oxygens (including phenoxy) is 1. The molecule has 0 aliphatic heterocycles. The smallest absolute Gasteiger partial charge is 0.330 e. The second-order valence-electron chi connectivity index (χ2n) is 7.75. The minimum absolute atomic E-state index is 0.0462. The Hall–Kier alpha value is -2.13. The van der Waals surface area contributed by atoms with Gasteiger partial charge in [0, 0.05) is 6.08 Å². The molecule has 0 heterocycles. The average Bonchev–Trinajstić information content (AvgIpc) is 2.66. The third-order valence-corrected chi connectivity index (χ3v) is 4.52. The SMILES string of the molecule is COC(=O)C=C(C)C=CC=C(CO)CCC=C(C)CCC=C(C)CCC=C(C)C. The van der Waals surface area contributed by atoms with Gasteiger partial charge in [-0.2, -0.15) is 0 Å². The normalized spacial score (nSPS) is 13.8. The van der Waals surface area contributed by atoms with E-state index in [2.05, 4.69) is 50.7 Å². The summed E-state index contributed by atoms with van der Waals surface area (Å²) in [5, 5.41) is 9.52. The van der Waals surface area contributed by atoms with Gasteiger partial charge in [0.1, 0.15) is 0 Å². The van der Waals surface area contributed by atoms with Crippen molar-refractivity contribution in [3.8, 4) is 0 Å². The van der Waals surface area contributed by atoms with E-state index in [-0.39, 0.29) is 12.6 Å². The van der Waals surface area contributed by atoms with Crippen LogP contribution in [0.3, 0.4) is 0 Å². The van der Waals surface area contributed by atoms with Crippen molar-refractivity contribution >= 4 is 5.97 Å². The molecular formula is C26H40O3. The molecule has 0 rings (SSSR count). The number of methoxy groups -OCH3 is 1. The summed E-state index contributed by atoms with van der Waals surface area (Å²) in [6.07, 6.45) is 20.1. The van der Waals surface area contributed by atoms with E-state index in [9.17, 15) is 9.90 Å². The number of hydrogen-bond acceptors (Lipinski definition) is 3. The first kappa shape index (κ1) is 26.9. The molecule has 0 aromatic rings. The minimum atomic E-state index is -0.364. The lowest BCUT2D eigenvalue weighted by molar-refractivity contribution is -0.134. The van der Waals surface area contributed by atoms with Gasteiger partial charge in [-0.25, -0.2) is 4.79 Å². The van der Waals surface area contributed by atoms with Gasteiger partial charge in [0.05, 0.1) is 13.7 Å². The summed E-state index contributed by atoms with van der Waals surface area (Å²) in [5.41, 5.74) is 6.03. The fraction of sp³-hybridized carbons (Fsp3) is 0.500. The third-order valence-electron chi connectivity index (χ3n) is 4.52. The summed E-state index contributed by atoms with van der Waals surface area (Å²) < 4.78 is 4.59. The molecular weight excluding hydrogens is 360 g/mol. The molecule has 0 atom stereocenters. The fourth-order valence-corrected chi connectivity index (χ4v) is 2.69. The van der Waals surface area contributed by atoms with Gasteiger partial charge in [0.25, 0.3) is 0 Å². The molecule has 0 unspecified atom stereocenters. The van der Waals surface area contributed by atoms with Crippen LogP contribution >= 0.6 is 0 Å². The van der Waals surface area contributed by atoms with Crippen LogP contribution < -0.4 is 0 Å². The molecule has 3 heteroatoms. The number of aliphatic hydroxyl groups is 1. The molecule has 0 saturated heterocycles. The van der Waals surface area contributed by atoms with Crippen molar-refractivity contribution in [3.63, 3.8) is 0 Å². The summed E-state index contributed by atoms with van der Waals surface area (Å²) in [4.78, 5) is 11.2. The highest BCUT2D eigenvalue weighted by Gasteiger charge is 1.96. The van der Waals surface area contributed by atoms with E-state index < -0.39 is 0 Å². The molecule has 0 saturated carbocycles. The van der Waals surface area contributed by atoms with Gasteiger partial charge < -0.3 is 9.84 Å². The van der Waals surface area contributed by atoms with Crippen LogP contribution in [0.5, 0.6) is 0 Å². The largest absolute Gasteiger partial charge is 0.466 e. The van der Waals surface area contributed by atoms with Crippen LogP contribution in [0.1, 0.15) is 73.1 Å². The molecule has 0 bridgehead atoms. The summed E-state index contributed by atoms with van der Waals surface area (Å²) in [6, 6.07) is 0. The van der Waals surface area contributed by atoms with Crippen molar-refractivity contribution in [1.82, 2.24) is 0 Å². The van der Waals surface area contributed by atoms with Crippen molar-refractivity contribution in [2.24, 2.45) is 0 Å². The monoisotopic (exact) mass is 400 g/mol. The second kappa shape index (κ2) is 16.8. The van der Waals surface area contributed by atoms with E-state index >= 15 is 0 Å². The van der Waals surface area contributed by atoms with Gasteiger partial charge in [0.2, 0.25) is 0 Å². The first-order valence-corrected chi connectivity index (χ1v) is 10.5. The molecule has 0 aliphatic rings. The molecule has 0 fully saturated rings. The Morgan fingerprint density at radius 3 is 1.93 bits per heavy atom. The van der Waals surface area contributed by atoms with E-state index in [0.717, 1.165) is 49.7 Å². The molecule has 3 nitrogen and oxygen atoms in total. The molecule has 162 valence electrons. The van der Waals surface area contributed by atoms with E-state index in [0.29, 0.717) is 0 Å². The molecule has 1 N–H and O–H groups in total. The highest BCUT2D eigenvalue weighted by atomic mass is 16.5. The van der Waals surface area contributed by atoms with Gasteiger partial charge in [-0.3, -0.25) is 0 Å². The van der Waals surface area contributed by atoms with Crippen LogP contribution in [0.15, 0.2) is 70.4 Å².